The highest BCUT2D eigenvalue weighted by Gasteiger charge is 2.61. The van der Waals surface area contributed by atoms with E-state index in [1.54, 1.807) is 13.0 Å². The number of nitrogens with zero attached hydrogens (tertiary/aromatic N) is 2. The Bertz CT molecular complexity index is 1150. The summed E-state index contributed by atoms with van der Waals surface area (Å²) in [5.41, 5.74) is 4.44. The van der Waals surface area contributed by atoms with Crippen LogP contribution in [-0.2, 0) is 14.4 Å². The minimum absolute atomic E-state index is 0.176. The van der Waals surface area contributed by atoms with Crippen LogP contribution < -0.4 is 5.32 Å². The van der Waals surface area contributed by atoms with Gasteiger partial charge in [0, 0.05) is 17.9 Å². The molecule has 1 fully saturated rings. The molecule has 0 unspecified atom stereocenters. The van der Waals surface area contributed by atoms with Gasteiger partial charge in [0.05, 0.1) is 11.8 Å². The van der Waals surface area contributed by atoms with Crippen LogP contribution in [0.2, 0.25) is 0 Å². The first-order valence-electron chi connectivity index (χ1n) is 10.3. The predicted octanol–water partition coefficient (Wildman–Crippen LogP) is 2.81. The molecule has 3 aromatic rings. The quantitative estimate of drug-likeness (QED) is 0.667. The fourth-order valence-electron chi connectivity index (χ4n) is 5.65. The van der Waals surface area contributed by atoms with E-state index < -0.39 is 17.7 Å². The van der Waals surface area contributed by atoms with Crippen LogP contribution in [0.25, 0.3) is 0 Å². The van der Waals surface area contributed by atoms with E-state index in [1.807, 2.05) is 24.3 Å². The summed E-state index contributed by atoms with van der Waals surface area (Å²) in [4.78, 5) is 40.6. The van der Waals surface area contributed by atoms with Gasteiger partial charge in [0.15, 0.2) is 5.82 Å². The number of hydrogen-bond acceptors (Lipinski definition) is 5. The smallest absolute Gasteiger partial charge is 0.245 e. The fraction of sp³-hybridized carbons (Fsp3) is 0.250. The van der Waals surface area contributed by atoms with E-state index >= 15 is 0 Å². The molecule has 0 spiro atoms. The third kappa shape index (κ3) is 2.46. The Morgan fingerprint density at radius 3 is 1.84 bits per heavy atom. The van der Waals surface area contributed by atoms with Crippen molar-refractivity contribution in [1.29, 1.82) is 0 Å². The van der Waals surface area contributed by atoms with Crippen molar-refractivity contribution >= 4 is 23.5 Å². The van der Waals surface area contributed by atoms with Crippen LogP contribution in [-0.4, -0.2) is 34.3 Å². The predicted molar refractivity (Wildman–Crippen MR) is 110 cm³/mol. The van der Waals surface area contributed by atoms with Crippen LogP contribution >= 0.6 is 0 Å². The molecule has 4 aliphatic rings. The molecule has 0 saturated carbocycles. The second kappa shape index (κ2) is 6.38. The molecular weight excluding hydrogens is 394 g/mol. The molecule has 7 nitrogen and oxygen atoms in total. The molecule has 2 heterocycles. The Kier molecular flexibility index (Phi) is 3.72. The topological polar surface area (TPSA) is 92.5 Å². The van der Waals surface area contributed by atoms with Gasteiger partial charge in [-0.05, 0) is 29.2 Å². The number of carbonyl (C=O) groups is 3. The summed E-state index contributed by atoms with van der Waals surface area (Å²) in [6.45, 7) is 1.38. The maximum absolute atomic E-state index is 13.4. The van der Waals surface area contributed by atoms with E-state index in [-0.39, 0.29) is 36.0 Å². The zero-order chi connectivity index (χ0) is 21.3. The second-order valence-electron chi connectivity index (χ2n) is 8.40. The lowest BCUT2D eigenvalue weighted by molar-refractivity contribution is -0.142. The van der Waals surface area contributed by atoms with Gasteiger partial charge < -0.3 is 9.84 Å². The lowest BCUT2D eigenvalue weighted by Gasteiger charge is -2.45. The Morgan fingerprint density at radius 1 is 0.935 bits per heavy atom. The van der Waals surface area contributed by atoms with E-state index in [0.29, 0.717) is 5.76 Å². The van der Waals surface area contributed by atoms with Gasteiger partial charge in [-0.15, -0.1) is 0 Å². The SMILES string of the molecule is Cc1cc(NC(=O)CN2C(=O)[C@@H]3C4c5ccccc5C(c5ccccc54)[C@@H]3C2=O)no1. The first-order valence-corrected chi connectivity index (χ1v) is 10.3. The van der Waals surface area contributed by atoms with Gasteiger partial charge in [-0.1, -0.05) is 53.7 Å². The van der Waals surface area contributed by atoms with E-state index in [9.17, 15) is 14.4 Å². The molecule has 1 aromatic heterocycles. The molecule has 31 heavy (non-hydrogen) atoms. The van der Waals surface area contributed by atoms with Crippen molar-refractivity contribution in [3.8, 4) is 0 Å². The van der Waals surface area contributed by atoms with Gasteiger partial charge in [-0.2, -0.15) is 0 Å². The molecule has 1 saturated heterocycles. The van der Waals surface area contributed by atoms with E-state index in [1.165, 1.54) is 0 Å². The zero-order valence-corrected chi connectivity index (χ0v) is 16.7. The largest absolute Gasteiger partial charge is 0.360 e. The minimum atomic E-state index is -0.482. The highest BCUT2D eigenvalue weighted by Crippen LogP contribution is 2.60. The number of benzene rings is 2. The van der Waals surface area contributed by atoms with Crippen LogP contribution in [0.3, 0.4) is 0 Å². The second-order valence-corrected chi connectivity index (χ2v) is 8.40. The maximum atomic E-state index is 13.4. The highest BCUT2D eigenvalue weighted by molar-refractivity contribution is 6.10. The number of likely N-dealkylation sites (tertiary alicyclic amines) is 1. The van der Waals surface area contributed by atoms with Crippen molar-refractivity contribution in [3.63, 3.8) is 0 Å². The first kappa shape index (κ1) is 18.1. The van der Waals surface area contributed by atoms with Crippen LogP contribution in [0.4, 0.5) is 5.82 Å². The standard InChI is InChI=1S/C24H19N3O4/c1-12-10-17(26-31-12)25-18(28)11-27-23(29)21-19-13-6-2-3-7-14(13)20(22(21)24(27)30)16-9-5-4-8-15(16)19/h2-10,19-22H,11H2,1H3,(H,25,26,28)/t19?,20?,21-,22+. The van der Waals surface area contributed by atoms with Gasteiger partial charge in [-0.3, -0.25) is 19.3 Å². The Hall–Kier alpha value is -3.74. The van der Waals surface area contributed by atoms with Crippen molar-refractivity contribution in [2.75, 3.05) is 11.9 Å². The first-order chi connectivity index (χ1) is 15.0. The average molecular weight is 413 g/mol. The molecule has 154 valence electrons. The Morgan fingerprint density at radius 2 is 1.42 bits per heavy atom. The van der Waals surface area contributed by atoms with Crippen LogP contribution in [0.1, 0.15) is 39.8 Å². The number of aryl methyl sites for hydroxylation is 1. The third-order valence-corrected chi connectivity index (χ3v) is 6.74. The highest BCUT2D eigenvalue weighted by atomic mass is 16.5. The molecule has 0 radical (unpaired) electrons. The monoisotopic (exact) mass is 413 g/mol. The molecule has 3 amide bonds. The van der Waals surface area contributed by atoms with Gasteiger partial charge in [0.2, 0.25) is 17.7 Å². The molecule has 1 aliphatic heterocycles. The lowest BCUT2D eigenvalue weighted by atomic mass is 9.55. The van der Waals surface area contributed by atoms with E-state index in [4.69, 9.17) is 4.52 Å². The van der Waals surface area contributed by atoms with Crippen LogP contribution in [0.15, 0.2) is 59.1 Å². The summed E-state index contributed by atoms with van der Waals surface area (Å²) < 4.78 is 4.95. The Labute approximate surface area is 178 Å². The van der Waals surface area contributed by atoms with Crippen molar-refractivity contribution in [1.82, 2.24) is 10.1 Å². The number of imide groups is 1. The summed E-state index contributed by atoms with van der Waals surface area (Å²) in [7, 11) is 0. The average Bonchev–Trinajstić information content (AvgIpc) is 3.30. The number of amides is 3. The van der Waals surface area contributed by atoms with Crippen molar-refractivity contribution in [3.05, 3.63) is 82.6 Å². The molecule has 3 aliphatic carbocycles. The van der Waals surface area contributed by atoms with Crippen LogP contribution in [0, 0.1) is 18.8 Å². The van der Waals surface area contributed by atoms with Gasteiger partial charge >= 0.3 is 0 Å². The van der Waals surface area contributed by atoms with Gasteiger partial charge in [0.25, 0.3) is 0 Å². The number of hydrogen-bond donors (Lipinski definition) is 1. The summed E-state index contributed by atoms with van der Waals surface area (Å²) in [6.07, 6.45) is 0. The molecule has 2 bridgehead atoms. The van der Waals surface area contributed by atoms with Crippen molar-refractivity contribution in [2.45, 2.75) is 18.8 Å². The van der Waals surface area contributed by atoms with Crippen molar-refractivity contribution < 1.29 is 18.9 Å². The molecular formula is C24H19N3O4. The van der Waals surface area contributed by atoms with Crippen LogP contribution in [0.5, 0.6) is 0 Å². The maximum Gasteiger partial charge on any atom is 0.245 e. The summed E-state index contributed by atoms with van der Waals surface area (Å²) in [6, 6.07) is 17.7. The number of aromatic nitrogens is 1. The normalized spacial score (nSPS) is 25.3. The molecule has 7 heteroatoms. The Balaban J connectivity index is 1.37. The summed E-state index contributed by atoms with van der Waals surface area (Å²) >= 11 is 0. The van der Waals surface area contributed by atoms with Gasteiger partial charge in [-0.25, -0.2) is 0 Å². The molecule has 7 rings (SSSR count). The van der Waals surface area contributed by atoms with E-state index in [2.05, 4.69) is 34.7 Å². The summed E-state index contributed by atoms with van der Waals surface area (Å²) in [5.74, 6) is -1.53. The number of nitrogens with one attached hydrogen (secondary N) is 1. The molecule has 1 N–H and O–H groups in total. The lowest BCUT2D eigenvalue weighted by Crippen LogP contribution is -2.41. The zero-order valence-electron chi connectivity index (χ0n) is 16.7. The summed E-state index contributed by atoms with van der Waals surface area (Å²) in [5, 5.41) is 6.33. The van der Waals surface area contributed by atoms with Gasteiger partial charge in [0.1, 0.15) is 12.3 Å². The number of anilines is 1. The fourth-order valence-corrected chi connectivity index (χ4v) is 5.65. The van der Waals surface area contributed by atoms with E-state index in [0.717, 1.165) is 27.2 Å². The molecule has 2 aromatic carbocycles. The molecule has 2 atom stereocenters. The third-order valence-electron chi connectivity index (χ3n) is 6.74. The number of carbonyl (C=O) groups excluding carboxylic acids is 3. The minimum Gasteiger partial charge on any atom is -0.360 e. The number of rotatable bonds is 3. The van der Waals surface area contributed by atoms with Crippen molar-refractivity contribution in [2.24, 2.45) is 11.8 Å².